The van der Waals surface area contributed by atoms with E-state index in [0.717, 1.165) is 17.0 Å². The Balaban J connectivity index is 2.12. The van der Waals surface area contributed by atoms with Crippen molar-refractivity contribution >= 4 is 0 Å². The van der Waals surface area contributed by atoms with Crippen molar-refractivity contribution in [2.45, 2.75) is 52.0 Å². The van der Waals surface area contributed by atoms with Crippen molar-refractivity contribution < 1.29 is 4.39 Å². The van der Waals surface area contributed by atoms with Gasteiger partial charge in [0.15, 0.2) is 0 Å². The molecule has 1 aliphatic rings. The minimum absolute atomic E-state index is 0.151. The highest BCUT2D eigenvalue weighted by molar-refractivity contribution is 5.30. The molecular weight excluding hydrogens is 239 g/mol. The van der Waals surface area contributed by atoms with Gasteiger partial charge >= 0.3 is 0 Å². The van der Waals surface area contributed by atoms with Crippen molar-refractivity contribution in [3.8, 4) is 0 Å². The number of nitrogens with two attached hydrogens (primary N) is 1. The predicted molar refractivity (Wildman–Crippen MR) is 76.9 cm³/mol. The van der Waals surface area contributed by atoms with Crippen molar-refractivity contribution in [3.05, 3.63) is 35.1 Å². The van der Waals surface area contributed by atoms with Crippen LogP contribution >= 0.6 is 0 Å². The maximum absolute atomic E-state index is 13.2. The van der Waals surface area contributed by atoms with E-state index >= 15 is 0 Å². The third-order valence-corrected chi connectivity index (χ3v) is 4.69. The van der Waals surface area contributed by atoms with E-state index in [4.69, 9.17) is 5.84 Å². The van der Waals surface area contributed by atoms with Crippen LogP contribution in [0.2, 0.25) is 0 Å². The molecule has 0 aliphatic heterocycles. The van der Waals surface area contributed by atoms with Gasteiger partial charge in [-0.3, -0.25) is 11.3 Å². The summed E-state index contributed by atoms with van der Waals surface area (Å²) < 4.78 is 13.2. The van der Waals surface area contributed by atoms with Gasteiger partial charge in [-0.15, -0.1) is 0 Å². The molecule has 0 bridgehead atoms. The highest BCUT2D eigenvalue weighted by Crippen LogP contribution is 2.38. The van der Waals surface area contributed by atoms with Gasteiger partial charge in [0.2, 0.25) is 0 Å². The Kier molecular flexibility index (Phi) is 4.94. The van der Waals surface area contributed by atoms with Gasteiger partial charge in [-0.25, -0.2) is 4.39 Å². The molecule has 1 aromatic carbocycles. The molecule has 3 N–H and O–H groups in total. The van der Waals surface area contributed by atoms with Crippen LogP contribution in [-0.4, -0.2) is 0 Å². The Bertz CT molecular complexity index is 411. The number of benzene rings is 1. The van der Waals surface area contributed by atoms with Crippen LogP contribution < -0.4 is 11.3 Å². The molecule has 19 heavy (non-hydrogen) atoms. The summed E-state index contributed by atoms with van der Waals surface area (Å²) in [6.45, 7) is 4.23. The summed E-state index contributed by atoms with van der Waals surface area (Å²) in [5, 5.41) is 0. The number of halogens is 1. The van der Waals surface area contributed by atoms with Gasteiger partial charge in [0.05, 0.1) is 0 Å². The van der Waals surface area contributed by atoms with Crippen LogP contribution in [-0.2, 0) is 0 Å². The molecule has 0 heterocycles. The summed E-state index contributed by atoms with van der Waals surface area (Å²) in [6.07, 6.45) is 6.29. The van der Waals surface area contributed by atoms with Gasteiger partial charge in [0.25, 0.3) is 0 Å². The summed E-state index contributed by atoms with van der Waals surface area (Å²) in [5.41, 5.74) is 5.09. The van der Waals surface area contributed by atoms with Gasteiger partial charge in [-0.1, -0.05) is 32.3 Å². The van der Waals surface area contributed by atoms with E-state index in [2.05, 4.69) is 12.3 Å². The van der Waals surface area contributed by atoms with Crippen LogP contribution in [0.1, 0.15) is 56.2 Å². The van der Waals surface area contributed by atoms with Crippen LogP contribution in [0.15, 0.2) is 18.2 Å². The lowest BCUT2D eigenvalue weighted by molar-refractivity contribution is 0.219. The van der Waals surface area contributed by atoms with Crippen LogP contribution in [0.3, 0.4) is 0 Å². The highest BCUT2D eigenvalue weighted by Gasteiger charge is 2.28. The highest BCUT2D eigenvalue weighted by atomic mass is 19.1. The molecule has 0 spiro atoms. The number of hydrazine groups is 1. The maximum Gasteiger partial charge on any atom is 0.123 e. The molecule has 1 saturated carbocycles. The van der Waals surface area contributed by atoms with Crippen molar-refractivity contribution in [2.75, 3.05) is 0 Å². The normalized spacial score (nSPS) is 25.3. The molecule has 1 unspecified atom stereocenters. The molecule has 2 nitrogen and oxygen atoms in total. The first-order valence-electron chi connectivity index (χ1n) is 7.37. The fourth-order valence-electron chi connectivity index (χ4n) is 3.40. The topological polar surface area (TPSA) is 38.0 Å². The van der Waals surface area contributed by atoms with E-state index < -0.39 is 0 Å². The van der Waals surface area contributed by atoms with Crippen LogP contribution in [0.4, 0.5) is 4.39 Å². The SMILES string of the molecule is CCC1CCC(C(NN)c2ccc(F)cc2C)CC1. The molecule has 0 aromatic heterocycles. The number of rotatable bonds is 4. The first-order chi connectivity index (χ1) is 9.15. The number of nitrogens with one attached hydrogen (secondary N) is 1. The summed E-state index contributed by atoms with van der Waals surface area (Å²) in [6, 6.07) is 5.15. The standard InChI is InChI=1S/C16H25FN2/c1-3-12-4-6-13(7-5-12)16(19-18)15-9-8-14(17)10-11(15)2/h8-10,12-13,16,19H,3-7,18H2,1-2H3. The fourth-order valence-corrected chi connectivity index (χ4v) is 3.40. The summed E-state index contributed by atoms with van der Waals surface area (Å²) in [7, 11) is 0. The molecular formula is C16H25FN2. The monoisotopic (exact) mass is 264 g/mol. The predicted octanol–water partition coefficient (Wildman–Crippen LogP) is 3.85. The lowest BCUT2D eigenvalue weighted by Crippen LogP contribution is -2.35. The van der Waals surface area contributed by atoms with Crippen molar-refractivity contribution in [1.29, 1.82) is 0 Å². The molecule has 1 fully saturated rings. The average molecular weight is 264 g/mol. The molecule has 3 heteroatoms. The number of aryl methyl sites for hydroxylation is 1. The molecule has 0 saturated heterocycles. The molecule has 0 amide bonds. The van der Waals surface area contributed by atoms with Gasteiger partial charge < -0.3 is 0 Å². The van der Waals surface area contributed by atoms with Crippen LogP contribution in [0, 0.1) is 24.6 Å². The largest absolute Gasteiger partial charge is 0.271 e. The van der Waals surface area contributed by atoms with Gasteiger partial charge in [-0.05, 0) is 54.9 Å². The van der Waals surface area contributed by atoms with Crippen LogP contribution in [0.25, 0.3) is 0 Å². The van der Waals surface area contributed by atoms with E-state index in [9.17, 15) is 4.39 Å². The van der Waals surface area contributed by atoms with Crippen molar-refractivity contribution in [1.82, 2.24) is 5.43 Å². The Morgan fingerprint density at radius 3 is 2.53 bits per heavy atom. The number of hydrogen-bond donors (Lipinski definition) is 2. The van der Waals surface area contributed by atoms with Gasteiger partial charge in [-0.2, -0.15) is 0 Å². The van der Waals surface area contributed by atoms with Crippen molar-refractivity contribution in [2.24, 2.45) is 17.7 Å². The molecule has 2 rings (SSSR count). The summed E-state index contributed by atoms with van der Waals surface area (Å²) in [5.74, 6) is 7.04. The smallest absolute Gasteiger partial charge is 0.123 e. The van der Waals surface area contributed by atoms with Gasteiger partial charge in [0.1, 0.15) is 5.82 Å². The molecule has 0 radical (unpaired) electrons. The van der Waals surface area contributed by atoms with E-state index in [1.165, 1.54) is 38.2 Å². The van der Waals surface area contributed by atoms with E-state index in [0.29, 0.717) is 5.92 Å². The second-order valence-electron chi connectivity index (χ2n) is 5.83. The minimum Gasteiger partial charge on any atom is -0.271 e. The number of hydrogen-bond acceptors (Lipinski definition) is 2. The average Bonchev–Trinajstić information content (AvgIpc) is 2.42. The lowest BCUT2D eigenvalue weighted by Gasteiger charge is -2.34. The molecule has 1 aliphatic carbocycles. The zero-order chi connectivity index (χ0) is 13.8. The summed E-state index contributed by atoms with van der Waals surface area (Å²) in [4.78, 5) is 0. The van der Waals surface area contributed by atoms with E-state index in [1.54, 1.807) is 6.07 Å². The molecule has 106 valence electrons. The fraction of sp³-hybridized carbons (Fsp3) is 0.625. The van der Waals surface area contributed by atoms with Gasteiger partial charge in [0, 0.05) is 6.04 Å². The zero-order valence-electron chi connectivity index (χ0n) is 12.0. The van der Waals surface area contributed by atoms with Crippen molar-refractivity contribution in [3.63, 3.8) is 0 Å². The molecule has 1 atom stereocenters. The second kappa shape index (κ2) is 6.49. The van der Waals surface area contributed by atoms with E-state index in [1.807, 2.05) is 13.0 Å². The Morgan fingerprint density at radius 2 is 2.00 bits per heavy atom. The third-order valence-electron chi connectivity index (χ3n) is 4.69. The maximum atomic E-state index is 13.2. The summed E-state index contributed by atoms with van der Waals surface area (Å²) >= 11 is 0. The Labute approximate surface area is 115 Å². The Hall–Kier alpha value is -0.930. The second-order valence-corrected chi connectivity index (χ2v) is 5.83. The van der Waals surface area contributed by atoms with Crippen LogP contribution in [0.5, 0.6) is 0 Å². The quantitative estimate of drug-likeness (QED) is 0.640. The first-order valence-corrected chi connectivity index (χ1v) is 7.37. The zero-order valence-corrected chi connectivity index (χ0v) is 12.0. The molecule has 1 aromatic rings. The lowest BCUT2D eigenvalue weighted by atomic mass is 9.75. The Morgan fingerprint density at radius 1 is 1.32 bits per heavy atom. The van der Waals surface area contributed by atoms with E-state index in [-0.39, 0.29) is 11.9 Å². The third kappa shape index (κ3) is 3.34. The first kappa shape index (κ1) is 14.5. The minimum atomic E-state index is -0.174.